The normalized spacial score (nSPS) is 37.8. The number of ether oxygens (including phenoxy) is 3. The molecule has 2 fully saturated rings. The fourth-order valence-corrected chi connectivity index (χ4v) is 2.29. The third-order valence-electron chi connectivity index (χ3n) is 3.19. The van der Waals surface area contributed by atoms with E-state index in [0.717, 1.165) is 38.9 Å². The predicted octanol–water partition coefficient (Wildman–Crippen LogP) is 0.690. The third-order valence-corrected chi connectivity index (χ3v) is 3.19. The van der Waals surface area contributed by atoms with Crippen LogP contribution >= 0.6 is 0 Å². The highest BCUT2D eigenvalue weighted by Crippen LogP contribution is 2.26. The van der Waals surface area contributed by atoms with Crippen molar-refractivity contribution in [2.24, 2.45) is 5.73 Å². The number of rotatable bonds is 3. The summed E-state index contributed by atoms with van der Waals surface area (Å²) >= 11 is 0. The van der Waals surface area contributed by atoms with Crippen molar-refractivity contribution >= 4 is 0 Å². The number of hydrogen-bond acceptors (Lipinski definition) is 4. The Balaban J connectivity index is 1.87. The minimum atomic E-state index is -0.246. The van der Waals surface area contributed by atoms with Crippen molar-refractivity contribution in [2.45, 2.75) is 37.4 Å². The second kappa shape index (κ2) is 5.25. The molecule has 4 heteroatoms. The lowest BCUT2D eigenvalue weighted by molar-refractivity contribution is -0.176. The van der Waals surface area contributed by atoms with Gasteiger partial charge in [-0.1, -0.05) is 0 Å². The predicted molar refractivity (Wildman–Crippen MR) is 56.8 cm³/mol. The van der Waals surface area contributed by atoms with Gasteiger partial charge in [0.1, 0.15) is 5.60 Å². The van der Waals surface area contributed by atoms with E-state index < -0.39 is 0 Å². The van der Waals surface area contributed by atoms with Crippen LogP contribution in [0.2, 0.25) is 0 Å². The summed E-state index contributed by atoms with van der Waals surface area (Å²) in [7, 11) is 0. The fraction of sp³-hybridized carbons (Fsp3) is 1.00. The first-order chi connectivity index (χ1) is 7.35. The van der Waals surface area contributed by atoms with Crippen molar-refractivity contribution in [1.29, 1.82) is 0 Å². The topological polar surface area (TPSA) is 53.7 Å². The highest BCUT2D eigenvalue weighted by atomic mass is 16.6. The Morgan fingerprint density at radius 3 is 2.73 bits per heavy atom. The van der Waals surface area contributed by atoms with Gasteiger partial charge < -0.3 is 19.9 Å². The molecule has 2 rings (SSSR count). The molecule has 2 N–H and O–H groups in total. The van der Waals surface area contributed by atoms with Gasteiger partial charge in [-0.2, -0.15) is 0 Å². The highest BCUT2D eigenvalue weighted by molar-refractivity contribution is 4.86. The lowest BCUT2D eigenvalue weighted by Crippen LogP contribution is -2.51. The van der Waals surface area contributed by atoms with Gasteiger partial charge >= 0.3 is 0 Å². The Labute approximate surface area is 91.1 Å². The lowest BCUT2D eigenvalue weighted by Gasteiger charge is -2.39. The molecule has 0 spiro atoms. The Hall–Kier alpha value is -0.160. The molecule has 0 aromatic carbocycles. The van der Waals surface area contributed by atoms with Gasteiger partial charge in [0.05, 0.1) is 19.3 Å². The van der Waals surface area contributed by atoms with Crippen molar-refractivity contribution in [3.05, 3.63) is 0 Å². The van der Waals surface area contributed by atoms with E-state index in [1.807, 2.05) is 0 Å². The number of hydrogen-bond donors (Lipinski definition) is 1. The van der Waals surface area contributed by atoms with Crippen LogP contribution in [0.3, 0.4) is 0 Å². The van der Waals surface area contributed by atoms with Gasteiger partial charge in [-0.25, -0.2) is 0 Å². The molecular formula is C11H21NO3. The molecular weight excluding hydrogens is 194 g/mol. The Bertz CT molecular complexity index is 186. The van der Waals surface area contributed by atoms with E-state index in [0.29, 0.717) is 19.8 Å². The Kier molecular flexibility index (Phi) is 3.97. The number of nitrogens with two attached hydrogens (primary N) is 1. The zero-order valence-electron chi connectivity index (χ0n) is 9.24. The summed E-state index contributed by atoms with van der Waals surface area (Å²) in [6.45, 7) is 3.60. The summed E-state index contributed by atoms with van der Waals surface area (Å²) < 4.78 is 17.0. The average Bonchev–Trinajstić information content (AvgIpc) is 2.32. The van der Waals surface area contributed by atoms with Gasteiger partial charge in [0.25, 0.3) is 0 Å². The van der Waals surface area contributed by atoms with Crippen molar-refractivity contribution in [2.75, 3.05) is 33.0 Å². The first-order valence-corrected chi connectivity index (χ1v) is 5.88. The first kappa shape index (κ1) is 11.3. The highest BCUT2D eigenvalue weighted by Gasteiger charge is 2.35. The van der Waals surface area contributed by atoms with Crippen LogP contribution in [0.1, 0.15) is 25.7 Å². The van der Waals surface area contributed by atoms with Crippen LogP contribution in [0, 0.1) is 0 Å². The van der Waals surface area contributed by atoms with E-state index >= 15 is 0 Å². The van der Waals surface area contributed by atoms with Crippen LogP contribution in [-0.4, -0.2) is 44.7 Å². The smallest absolute Gasteiger partial charge is 0.104 e. The van der Waals surface area contributed by atoms with E-state index in [-0.39, 0.29) is 11.7 Å². The molecule has 0 aromatic heterocycles. The van der Waals surface area contributed by atoms with Gasteiger partial charge in [-0.15, -0.1) is 0 Å². The fourth-order valence-electron chi connectivity index (χ4n) is 2.29. The van der Waals surface area contributed by atoms with Crippen molar-refractivity contribution < 1.29 is 14.2 Å². The molecule has 4 nitrogen and oxygen atoms in total. The molecule has 2 atom stereocenters. The largest absolute Gasteiger partial charge is 0.379 e. The molecule has 0 bridgehead atoms. The molecule has 2 saturated heterocycles. The molecule has 88 valence electrons. The van der Waals surface area contributed by atoms with Crippen molar-refractivity contribution in [3.8, 4) is 0 Å². The van der Waals surface area contributed by atoms with E-state index in [2.05, 4.69) is 0 Å². The Morgan fingerprint density at radius 2 is 2.13 bits per heavy atom. The molecule has 2 aliphatic rings. The average molecular weight is 215 g/mol. The van der Waals surface area contributed by atoms with Gasteiger partial charge in [-0.3, -0.25) is 0 Å². The van der Waals surface area contributed by atoms with E-state index in [1.54, 1.807) is 0 Å². The molecule has 2 heterocycles. The van der Waals surface area contributed by atoms with Gasteiger partial charge in [0.15, 0.2) is 0 Å². The quantitative estimate of drug-likeness (QED) is 0.752. The van der Waals surface area contributed by atoms with E-state index in [4.69, 9.17) is 19.9 Å². The summed E-state index contributed by atoms with van der Waals surface area (Å²) in [6.07, 6.45) is 4.45. The molecule has 0 radical (unpaired) electrons. The minimum absolute atomic E-state index is 0.212. The SMILES string of the molecule is NCC1(OC2CCCOC2)CCCOC1. The molecule has 0 saturated carbocycles. The second-order valence-electron chi connectivity index (χ2n) is 4.50. The van der Waals surface area contributed by atoms with E-state index in [1.165, 1.54) is 0 Å². The minimum Gasteiger partial charge on any atom is -0.379 e. The van der Waals surface area contributed by atoms with Crippen molar-refractivity contribution in [1.82, 2.24) is 0 Å². The van der Waals surface area contributed by atoms with Crippen LogP contribution in [0.5, 0.6) is 0 Å². The van der Waals surface area contributed by atoms with Crippen LogP contribution in [0.25, 0.3) is 0 Å². The van der Waals surface area contributed by atoms with Gasteiger partial charge in [0.2, 0.25) is 0 Å². The second-order valence-corrected chi connectivity index (χ2v) is 4.50. The van der Waals surface area contributed by atoms with Crippen LogP contribution in [-0.2, 0) is 14.2 Å². The molecule has 2 aliphatic heterocycles. The summed E-state index contributed by atoms with van der Waals surface area (Å²) in [5.41, 5.74) is 5.56. The van der Waals surface area contributed by atoms with Crippen LogP contribution < -0.4 is 5.73 Å². The molecule has 2 unspecified atom stereocenters. The van der Waals surface area contributed by atoms with Gasteiger partial charge in [-0.05, 0) is 25.7 Å². The zero-order chi connectivity index (χ0) is 10.6. The standard InChI is InChI=1S/C11H21NO3/c12-8-11(4-2-6-14-9-11)15-10-3-1-5-13-7-10/h10H,1-9,12H2. The maximum Gasteiger partial charge on any atom is 0.104 e. The molecule has 0 aromatic rings. The lowest BCUT2D eigenvalue weighted by atomic mass is 9.96. The molecule has 0 amide bonds. The third kappa shape index (κ3) is 2.91. The zero-order valence-corrected chi connectivity index (χ0v) is 9.24. The van der Waals surface area contributed by atoms with Crippen LogP contribution in [0.15, 0.2) is 0 Å². The summed E-state index contributed by atoms with van der Waals surface area (Å²) in [4.78, 5) is 0. The maximum absolute atomic E-state index is 6.09. The molecule has 15 heavy (non-hydrogen) atoms. The first-order valence-electron chi connectivity index (χ1n) is 5.88. The summed E-state index contributed by atoms with van der Waals surface area (Å²) in [5.74, 6) is 0. The summed E-state index contributed by atoms with van der Waals surface area (Å²) in [6, 6.07) is 0. The van der Waals surface area contributed by atoms with Gasteiger partial charge in [0, 0.05) is 19.8 Å². The molecule has 0 aliphatic carbocycles. The monoisotopic (exact) mass is 215 g/mol. The summed E-state index contributed by atoms with van der Waals surface area (Å²) in [5, 5.41) is 0. The maximum atomic E-state index is 6.09. The Morgan fingerprint density at radius 1 is 1.27 bits per heavy atom. The van der Waals surface area contributed by atoms with E-state index in [9.17, 15) is 0 Å². The van der Waals surface area contributed by atoms with Crippen molar-refractivity contribution in [3.63, 3.8) is 0 Å². The van der Waals surface area contributed by atoms with Crippen LogP contribution in [0.4, 0.5) is 0 Å².